The standard InChI is InChI=1S/C11H6F2N.C5H8O2.Ir/c12-8-4-5-9(10(13)7-8)11-3-1-2-6-14-11;1-4(6)3-5(2)7;/h1-4,6-7H;3,6H,1-2H3;/q-1;;/p+1/b;4-3-;. The Morgan fingerprint density at radius 2 is 2.00 bits per heavy atom. The minimum absolute atomic E-state index is 0. The second-order valence-corrected chi connectivity index (χ2v) is 4.18. The van der Waals surface area contributed by atoms with Crippen LogP contribution in [0, 0.1) is 17.7 Å². The van der Waals surface area contributed by atoms with Gasteiger partial charge in [0, 0.05) is 37.9 Å². The van der Waals surface area contributed by atoms with Crippen molar-refractivity contribution in [2.75, 3.05) is 0 Å². The maximum atomic E-state index is 13.2. The molecule has 119 valence electrons. The summed E-state index contributed by atoms with van der Waals surface area (Å²) in [6.45, 7) is 3.00. The molecule has 6 heteroatoms. The largest absolute Gasteiger partial charge is 0.512 e. The van der Waals surface area contributed by atoms with Gasteiger partial charge in [0.2, 0.25) is 0 Å². The first-order valence-electron chi connectivity index (χ1n) is 6.08. The summed E-state index contributed by atoms with van der Waals surface area (Å²) in [4.78, 5) is 12.3. The molecule has 0 aliphatic rings. The number of pyridine rings is 1. The van der Waals surface area contributed by atoms with Crippen molar-refractivity contribution in [3.05, 3.63) is 66.1 Å². The molecule has 0 fully saturated rings. The monoisotopic (exact) mass is 484 g/mol. The minimum Gasteiger partial charge on any atom is -0.512 e. The third kappa shape index (κ3) is 7.20. The molecule has 0 amide bonds. The molecule has 0 bridgehead atoms. The number of hydrogen-bond donors (Lipinski definition) is 1. The van der Waals surface area contributed by atoms with Gasteiger partial charge in [-0.3, -0.25) is 13.6 Å². The van der Waals surface area contributed by atoms with Gasteiger partial charge in [-0.05, 0) is 18.7 Å². The van der Waals surface area contributed by atoms with Gasteiger partial charge in [0.15, 0.2) is 0 Å². The quantitative estimate of drug-likeness (QED) is 0.306. The summed E-state index contributed by atoms with van der Waals surface area (Å²) in [5.41, 5.74) is 0.636. The van der Waals surface area contributed by atoms with Crippen LogP contribution in [-0.2, 0) is 20.1 Å². The van der Waals surface area contributed by atoms with Crippen LogP contribution in [-0.4, -0.2) is 20.7 Å². The Hall–Kier alpha value is -1.91. The molecule has 2 aromatic rings. The van der Waals surface area contributed by atoms with Crippen LogP contribution >= 0.6 is 0 Å². The molecule has 0 atom stereocenters. The number of carbonyl (C=O) groups excluding carboxylic acids is 1. The topological polar surface area (TPSA) is 54.5 Å². The van der Waals surface area contributed by atoms with Crippen molar-refractivity contribution in [1.29, 1.82) is 0 Å². The maximum absolute atomic E-state index is 13.2. The Bertz CT molecular complexity index is 642. The average molecular weight is 484 g/mol. The zero-order chi connectivity index (χ0) is 15.8. The first kappa shape index (κ1) is 20.1. The van der Waals surface area contributed by atoms with Gasteiger partial charge >= 0.3 is 5.78 Å². The number of nitrogens with zero attached hydrogens (tertiary/aromatic N) is 1. The van der Waals surface area contributed by atoms with Crippen LogP contribution in [0.5, 0.6) is 0 Å². The molecule has 0 saturated heterocycles. The van der Waals surface area contributed by atoms with Crippen molar-refractivity contribution in [1.82, 2.24) is 4.98 Å². The summed E-state index contributed by atoms with van der Waals surface area (Å²) in [5.74, 6) is -1.04. The molecule has 3 nitrogen and oxygen atoms in total. The van der Waals surface area contributed by atoms with Crippen molar-refractivity contribution in [2.24, 2.45) is 0 Å². The van der Waals surface area contributed by atoms with Crippen molar-refractivity contribution in [3.8, 4) is 11.3 Å². The molecule has 0 aliphatic carbocycles. The van der Waals surface area contributed by atoms with Crippen molar-refractivity contribution >= 4 is 5.78 Å². The number of ketones is 1. The fourth-order valence-electron chi connectivity index (χ4n) is 1.45. The average Bonchev–Trinajstić information content (AvgIpc) is 2.38. The summed E-state index contributed by atoms with van der Waals surface area (Å²) in [6.07, 6.45) is 2.83. The summed E-state index contributed by atoms with van der Waals surface area (Å²) in [7, 11) is 0. The van der Waals surface area contributed by atoms with E-state index in [4.69, 9.17) is 9.90 Å². The van der Waals surface area contributed by atoms with E-state index < -0.39 is 11.6 Å². The second-order valence-electron chi connectivity index (χ2n) is 4.18. The number of hydrogen-bond acceptors (Lipinski definition) is 2. The van der Waals surface area contributed by atoms with E-state index in [1.165, 1.54) is 19.9 Å². The van der Waals surface area contributed by atoms with Crippen LogP contribution in [0.3, 0.4) is 0 Å². The predicted molar refractivity (Wildman–Crippen MR) is 77.4 cm³/mol. The molecule has 2 N–H and O–H groups in total. The summed E-state index contributed by atoms with van der Waals surface area (Å²) < 4.78 is 25.8. The molecule has 1 aromatic heterocycles. The number of benzene rings is 1. The third-order valence-electron chi connectivity index (χ3n) is 2.20. The number of aromatic nitrogens is 1. The van der Waals surface area contributed by atoms with E-state index in [9.17, 15) is 8.78 Å². The molecule has 1 heterocycles. The van der Waals surface area contributed by atoms with E-state index in [1.54, 1.807) is 24.4 Å². The van der Waals surface area contributed by atoms with Crippen LogP contribution < -0.4 is 0 Å². The van der Waals surface area contributed by atoms with Gasteiger partial charge < -0.3 is 10.1 Å². The second kappa shape index (κ2) is 9.92. The van der Waals surface area contributed by atoms with Crippen LogP contribution in [0.4, 0.5) is 8.78 Å². The first-order valence-corrected chi connectivity index (χ1v) is 6.08. The van der Waals surface area contributed by atoms with Gasteiger partial charge in [-0.2, -0.15) is 0 Å². The van der Waals surface area contributed by atoms with E-state index in [1.807, 2.05) is 0 Å². The molecule has 22 heavy (non-hydrogen) atoms. The normalized spacial score (nSPS) is 10.1. The molecule has 0 spiro atoms. The Balaban J connectivity index is 0.000000478. The van der Waals surface area contributed by atoms with Gasteiger partial charge in [0.1, 0.15) is 0 Å². The minimum atomic E-state index is -0.649. The van der Waals surface area contributed by atoms with Crippen molar-refractivity contribution < 1.29 is 38.8 Å². The zero-order valence-corrected chi connectivity index (χ0v) is 14.4. The third-order valence-corrected chi connectivity index (χ3v) is 2.20. The Labute approximate surface area is 141 Å². The van der Waals surface area contributed by atoms with Gasteiger partial charge in [-0.15, -0.1) is 12.1 Å². The fourth-order valence-corrected chi connectivity index (χ4v) is 1.45. The van der Waals surface area contributed by atoms with Crippen molar-refractivity contribution in [3.63, 3.8) is 0 Å². The molecule has 1 radical (unpaired) electrons. The molecular weight excluding hydrogens is 468 g/mol. The van der Waals surface area contributed by atoms with E-state index in [0.29, 0.717) is 5.69 Å². The number of rotatable bonds is 2. The Morgan fingerprint density at radius 3 is 2.41 bits per heavy atom. The van der Waals surface area contributed by atoms with Gasteiger partial charge in [0.25, 0.3) is 0 Å². The molecule has 1 aromatic carbocycles. The summed E-state index contributed by atoms with van der Waals surface area (Å²) >= 11 is 0. The molecule has 0 saturated carbocycles. The number of allylic oxidation sites excluding steroid dienone is 2. The Morgan fingerprint density at radius 1 is 1.32 bits per heavy atom. The van der Waals surface area contributed by atoms with Gasteiger partial charge in [0.05, 0.1) is 18.8 Å². The number of aliphatic hydroxyl groups is 1. The van der Waals surface area contributed by atoms with Crippen LogP contribution in [0.15, 0.2) is 48.4 Å². The maximum Gasteiger partial charge on any atom is 0.316 e. The van der Waals surface area contributed by atoms with Crippen LogP contribution in [0.25, 0.3) is 11.3 Å². The SMILES string of the molecule is CC(=[OH+])/C=C(/C)O.Fc1c[c-]c(-c2ccccn2)c(F)c1.[Ir]. The molecule has 0 unspecified atom stereocenters. The molecule has 2 rings (SSSR count). The smallest absolute Gasteiger partial charge is 0.316 e. The number of halogens is 2. The number of aliphatic hydroxyl groups excluding tert-OH is 1. The molecule has 0 aliphatic heterocycles. The first-order chi connectivity index (χ1) is 9.90. The zero-order valence-electron chi connectivity index (χ0n) is 12.0. The summed E-state index contributed by atoms with van der Waals surface area (Å²) in [5, 5.41) is 8.40. The van der Waals surface area contributed by atoms with Gasteiger partial charge in [-0.1, -0.05) is 23.8 Å². The summed E-state index contributed by atoms with van der Waals surface area (Å²) in [6, 6.07) is 9.53. The van der Waals surface area contributed by atoms with E-state index in [0.717, 1.165) is 12.1 Å². The van der Waals surface area contributed by atoms with E-state index in [-0.39, 0.29) is 37.2 Å². The van der Waals surface area contributed by atoms with Crippen molar-refractivity contribution in [2.45, 2.75) is 13.8 Å². The molecular formula is C16H15F2IrNO2. The fraction of sp³-hybridized carbons (Fsp3) is 0.125. The van der Waals surface area contributed by atoms with Crippen LogP contribution in [0.2, 0.25) is 0 Å². The van der Waals surface area contributed by atoms with E-state index >= 15 is 0 Å². The van der Waals surface area contributed by atoms with E-state index in [2.05, 4.69) is 11.1 Å². The Kier molecular flexibility index (Phi) is 9.06. The van der Waals surface area contributed by atoms with Gasteiger partial charge in [-0.25, -0.2) is 0 Å². The predicted octanol–water partition coefficient (Wildman–Crippen LogP) is 3.84. The van der Waals surface area contributed by atoms with Crippen LogP contribution in [0.1, 0.15) is 13.8 Å².